The number of rotatable bonds is 15. The fraction of sp³-hybridized carbons (Fsp3) is 0.308. The SMILES string of the molecule is C=CCc1ccc(OCC(=O)NCCN)c(-c2ccc(OCC(=O)NCCN)c(CC=C)c2)c1. The van der Waals surface area contributed by atoms with Gasteiger partial charge in [0.2, 0.25) is 0 Å². The number of allylic oxidation sites excluding steroid dienone is 2. The van der Waals surface area contributed by atoms with Crippen molar-refractivity contribution in [1.29, 1.82) is 0 Å². The fourth-order valence-electron chi connectivity index (χ4n) is 3.24. The van der Waals surface area contributed by atoms with E-state index in [-0.39, 0.29) is 25.0 Å². The third-order valence-corrected chi connectivity index (χ3v) is 4.81. The number of amides is 2. The zero-order valence-electron chi connectivity index (χ0n) is 19.5. The average Bonchev–Trinajstić information content (AvgIpc) is 2.84. The molecule has 0 bridgehead atoms. The molecule has 8 nitrogen and oxygen atoms in total. The summed E-state index contributed by atoms with van der Waals surface area (Å²) in [6.45, 7) is 8.93. The van der Waals surface area contributed by atoms with E-state index in [1.807, 2.05) is 42.5 Å². The van der Waals surface area contributed by atoms with E-state index < -0.39 is 0 Å². The van der Waals surface area contributed by atoms with Gasteiger partial charge >= 0.3 is 0 Å². The van der Waals surface area contributed by atoms with Gasteiger partial charge in [-0.25, -0.2) is 0 Å². The second-order valence-corrected chi connectivity index (χ2v) is 7.49. The highest BCUT2D eigenvalue weighted by molar-refractivity contribution is 5.79. The lowest BCUT2D eigenvalue weighted by Crippen LogP contribution is -2.33. The highest BCUT2D eigenvalue weighted by atomic mass is 16.5. The standard InChI is InChI=1S/C26H34N4O4/c1-3-5-19-7-9-24(34-18-26(32)30-14-12-28)22(15-19)20-8-10-23(21(16-20)6-4-2)33-17-25(31)29-13-11-27/h3-4,7-10,15-16H,1-2,5-6,11-14,17-18,27-28H2,(H,29,31)(H,30,32). The Kier molecular flexibility index (Phi) is 11.4. The van der Waals surface area contributed by atoms with Gasteiger partial charge in [-0.1, -0.05) is 24.3 Å². The van der Waals surface area contributed by atoms with Crippen LogP contribution in [0.3, 0.4) is 0 Å². The van der Waals surface area contributed by atoms with E-state index >= 15 is 0 Å². The maximum absolute atomic E-state index is 12.0. The second-order valence-electron chi connectivity index (χ2n) is 7.49. The minimum atomic E-state index is -0.240. The Labute approximate surface area is 201 Å². The second kappa shape index (κ2) is 14.5. The predicted molar refractivity (Wildman–Crippen MR) is 135 cm³/mol. The molecule has 6 N–H and O–H groups in total. The lowest BCUT2D eigenvalue weighted by molar-refractivity contribution is -0.123. The molecule has 0 unspecified atom stereocenters. The number of carbonyl (C=O) groups excluding carboxylic acids is 2. The number of nitrogens with one attached hydrogen (secondary N) is 2. The van der Waals surface area contributed by atoms with Gasteiger partial charge in [0, 0.05) is 31.7 Å². The van der Waals surface area contributed by atoms with Crippen molar-refractivity contribution in [2.24, 2.45) is 11.5 Å². The molecule has 2 aromatic rings. The van der Waals surface area contributed by atoms with Gasteiger partial charge in [-0.3, -0.25) is 9.59 Å². The van der Waals surface area contributed by atoms with Crippen LogP contribution in [0.4, 0.5) is 0 Å². The van der Waals surface area contributed by atoms with Crippen molar-refractivity contribution in [3.63, 3.8) is 0 Å². The van der Waals surface area contributed by atoms with E-state index in [0.717, 1.165) is 22.3 Å². The molecular formula is C26H34N4O4. The van der Waals surface area contributed by atoms with Gasteiger partial charge in [0.15, 0.2) is 13.2 Å². The van der Waals surface area contributed by atoms with E-state index in [0.29, 0.717) is 50.5 Å². The molecule has 34 heavy (non-hydrogen) atoms. The Morgan fingerprint density at radius 3 is 2.00 bits per heavy atom. The molecule has 0 atom stereocenters. The highest BCUT2D eigenvalue weighted by Gasteiger charge is 2.13. The largest absolute Gasteiger partial charge is 0.483 e. The summed E-state index contributed by atoms with van der Waals surface area (Å²) < 4.78 is 11.6. The van der Waals surface area contributed by atoms with Crippen LogP contribution in [-0.2, 0) is 22.4 Å². The molecule has 0 spiro atoms. The van der Waals surface area contributed by atoms with Gasteiger partial charge < -0.3 is 31.6 Å². The highest BCUT2D eigenvalue weighted by Crippen LogP contribution is 2.34. The third-order valence-electron chi connectivity index (χ3n) is 4.81. The average molecular weight is 467 g/mol. The Morgan fingerprint density at radius 2 is 1.41 bits per heavy atom. The summed E-state index contributed by atoms with van der Waals surface area (Å²) in [6.07, 6.45) is 4.85. The first-order valence-corrected chi connectivity index (χ1v) is 11.2. The van der Waals surface area contributed by atoms with Crippen molar-refractivity contribution in [3.05, 3.63) is 72.8 Å². The third kappa shape index (κ3) is 8.38. The summed E-state index contributed by atoms with van der Waals surface area (Å²) in [5, 5.41) is 5.37. The van der Waals surface area contributed by atoms with E-state index in [1.54, 1.807) is 6.08 Å². The summed E-state index contributed by atoms with van der Waals surface area (Å²) in [4.78, 5) is 23.9. The number of hydrogen-bond donors (Lipinski definition) is 4. The molecule has 2 amide bonds. The van der Waals surface area contributed by atoms with Crippen LogP contribution >= 0.6 is 0 Å². The topological polar surface area (TPSA) is 129 Å². The van der Waals surface area contributed by atoms with Crippen LogP contribution in [0.2, 0.25) is 0 Å². The minimum absolute atomic E-state index is 0.107. The van der Waals surface area contributed by atoms with Crippen molar-refractivity contribution >= 4 is 11.8 Å². The zero-order chi connectivity index (χ0) is 24.8. The first-order valence-electron chi connectivity index (χ1n) is 11.2. The van der Waals surface area contributed by atoms with Crippen LogP contribution in [0.1, 0.15) is 11.1 Å². The van der Waals surface area contributed by atoms with Gasteiger partial charge in [0.1, 0.15) is 11.5 Å². The van der Waals surface area contributed by atoms with E-state index in [2.05, 4.69) is 23.8 Å². The van der Waals surface area contributed by atoms with Crippen LogP contribution in [0.5, 0.6) is 11.5 Å². The summed E-state index contributed by atoms with van der Waals surface area (Å²) in [5.41, 5.74) is 14.5. The van der Waals surface area contributed by atoms with Crippen LogP contribution in [0, 0.1) is 0 Å². The first-order chi connectivity index (χ1) is 16.5. The molecule has 2 rings (SSSR count). The minimum Gasteiger partial charge on any atom is -0.483 e. The Bertz CT molecular complexity index is 991. The zero-order valence-corrected chi connectivity index (χ0v) is 19.5. The van der Waals surface area contributed by atoms with Gasteiger partial charge in [-0.15, -0.1) is 13.2 Å². The van der Waals surface area contributed by atoms with Crippen LogP contribution in [0.15, 0.2) is 61.7 Å². The van der Waals surface area contributed by atoms with Crippen molar-refractivity contribution in [3.8, 4) is 22.6 Å². The number of nitrogens with two attached hydrogens (primary N) is 2. The number of ether oxygens (including phenoxy) is 2. The van der Waals surface area contributed by atoms with E-state index in [1.165, 1.54) is 0 Å². The van der Waals surface area contributed by atoms with Gasteiger partial charge in [-0.2, -0.15) is 0 Å². The molecule has 8 heteroatoms. The van der Waals surface area contributed by atoms with Crippen molar-refractivity contribution < 1.29 is 19.1 Å². The summed E-state index contributed by atoms with van der Waals surface area (Å²) in [6, 6.07) is 11.5. The van der Waals surface area contributed by atoms with Crippen LogP contribution in [0.25, 0.3) is 11.1 Å². The molecule has 182 valence electrons. The first kappa shape index (κ1) is 26.6. The summed E-state index contributed by atoms with van der Waals surface area (Å²) in [5.74, 6) is 0.697. The number of carbonyl (C=O) groups is 2. The molecule has 0 radical (unpaired) electrons. The molecule has 0 saturated heterocycles. The van der Waals surface area contributed by atoms with E-state index in [9.17, 15) is 9.59 Å². The smallest absolute Gasteiger partial charge is 0.257 e. The lowest BCUT2D eigenvalue weighted by Gasteiger charge is -2.16. The monoisotopic (exact) mass is 466 g/mol. The molecule has 2 aromatic carbocycles. The quantitative estimate of drug-likeness (QED) is 0.296. The Balaban J connectivity index is 2.31. The lowest BCUT2D eigenvalue weighted by atomic mass is 9.97. The molecule has 0 aliphatic rings. The Hall–Kier alpha value is -3.62. The fourth-order valence-corrected chi connectivity index (χ4v) is 3.24. The van der Waals surface area contributed by atoms with Crippen molar-refractivity contribution in [2.45, 2.75) is 12.8 Å². The predicted octanol–water partition coefficient (Wildman–Crippen LogP) is 1.72. The van der Waals surface area contributed by atoms with Gasteiger partial charge in [-0.05, 0) is 53.8 Å². The summed E-state index contributed by atoms with van der Waals surface area (Å²) >= 11 is 0. The number of hydrogen-bond acceptors (Lipinski definition) is 6. The van der Waals surface area contributed by atoms with Gasteiger partial charge in [0.25, 0.3) is 11.8 Å². The van der Waals surface area contributed by atoms with Crippen LogP contribution < -0.4 is 31.6 Å². The van der Waals surface area contributed by atoms with Crippen molar-refractivity contribution in [2.75, 3.05) is 39.4 Å². The Morgan fingerprint density at radius 1 is 0.824 bits per heavy atom. The van der Waals surface area contributed by atoms with Crippen LogP contribution in [-0.4, -0.2) is 51.2 Å². The normalized spacial score (nSPS) is 10.3. The number of benzene rings is 2. The maximum Gasteiger partial charge on any atom is 0.257 e. The molecule has 0 aliphatic heterocycles. The molecule has 0 saturated carbocycles. The summed E-state index contributed by atoms with van der Waals surface area (Å²) in [7, 11) is 0. The van der Waals surface area contributed by atoms with E-state index in [4.69, 9.17) is 20.9 Å². The molecular weight excluding hydrogens is 432 g/mol. The molecule has 0 fully saturated rings. The molecule has 0 aliphatic carbocycles. The molecule has 0 heterocycles. The molecule has 0 aromatic heterocycles. The van der Waals surface area contributed by atoms with Gasteiger partial charge in [0.05, 0.1) is 0 Å². The van der Waals surface area contributed by atoms with Crippen molar-refractivity contribution in [1.82, 2.24) is 10.6 Å². The maximum atomic E-state index is 12.0.